The number of nitrogens with zero attached hydrogens (tertiary/aromatic N) is 1. The first-order chi connectivity index (χ1) is 14.1. The Balaban J connectivity index is 1.52. The van der Waals surface area contributed by atoms with E-state index in [4.69, 9.17) is 16.3 Å². The van der Waals surface area contributed by atoms with E-state index in [0.29, 0.717) is 28.6 Å². The lowest BCUT2D eigenvalue weighted by molar-refractivity contribution is -0.111. The van der Waals surface area contributed by atoms with E-state index in [9.17, 15) is 9.59 Å². The van der Waals surface area contributed by atoms with Crippen LogP contribution in [0, 0.1) is 0 Å². The van der Waals surface area contributed by atoms with E-state index in [2.05, 4.69) is 5.32 Å². The highest BCUT2D eigenvalue weighted by molar-refractivity contribution is 6.32. The van der Waals surface area contributed by atoms with Crippen molar-refractivity contribution in [1.82, 2.24) is 4.90 Å². The Morgan fingerprint density at radius 1 is 1.17 bits per heavy atom. The second kappa shape index (κ2) is 8.70. The molecular formula is C23H23ClN2O3. The lowest BCUT2D eigenvalue weighted by atomic mass is 9.97. The summed E-state index contributed by atoms with van der Waals surface area (Å²) in [6, 6.07) is 12.8. The maximum atomic E-state index is 13.1. The van der Waals surface area contributed by atoms with Gasteiger partial charge in [-0.05, 0) is 55.2 Å². The van der Waals surface area contributed by atoms with Gasteiger partial charge < -0.3 is 15.0 Å². The standard InChI is InChI=1S/C23H23ClN2O3/c24-20-7-2-1-5-16(20)8-11-22(27)25-17-9-10-21-19(15-17)23(28)26-13-4-3-6-18(26)12-14-29-21/h1-2,5,7-11,15,18H,3-4,6,12-14H2,(H,25,27)/b11-8+/t18-/m0/s1. The SMILES string of the molecule is O=C(/C=C/c1ccccc1Cl)Nc1ccc2c(c1)C(=O)N1CCCC[C@H]1CCO2. The molecule has 150 valence electrons. The van der Waals surface area contributed by atoms with Crippen LogP contribution in [0.25, 0.3) is 6.08 Å². The van der Waals surface area contributed by atoms with E-state index in [-0.39, 0.29) is 17.9 Å². The van der Waals surface area contributed by atoms with Crippen molar-refractivity contribution < 1.29 is 14.3 Å². The molecule has 0 aromatic heterocycles. The maximum Gasteiger partial charge on any atom is 0.257 e. The van der Waals surface area contributed by atoms with Crippen molar-refractivity contribution in [3.8, 4) is 5.75 Å². The average molecular weight is 411 g/mol. The second-order valence-corrected chi connectivity index (χ2v) is 7.75. The van der Waals surface area contributed by atoms with Crippen LogP contribution in [-0.2, 0) is 4.79 Å². The fourth-order valence-electron chi connectivity index (χ4n) is 3.89. The number of anilines is 1. The van der Waals surface area contributed by atoms with Crippen LogP contribution in [0.2, 0.25) is 5.02 Å². The molecule has 0 radical (unpaired) electrons. The first-order valence-corrected chi connectivity index (χ1v) is 10.3. The highest BCUT2D eigenvalue weighted by Crippen LogP contribution is 2.31. The quantitative estimate of drug-likeness (QED) is 0.741. The molecule has 2 heterocycles. The molecule has 0 spiro atoms. The molecule has 0 unspecified atom stereocenters. The Morgan fingerprint density at radius 2 is 2.03 bits per heavy atom. The zero-order chi connectivity index (χ0) is 20.2. The minimum absolute atomic E-state index is 0.0212. The van der Waals surface area contributed by atoms with E-state index >= 15 is 0 Å². The van der Waals surface area contributed by atoms with Crippen molar-refractivity contribution in [2.24, 2.45) is 0 Å². The number of carbonyl (C=O) groups excluding carboxylic acids is 2. The summed E-state index contributed by atoms with van der Waals surface area (Å²) in [7, 11) is 0. The molecule has 0 aliphatic carbocycles. The molecule has 6 heteroatoms. The van der Waals surface area contributed by atoms with E-state index in [0.717, 1.165) is 37.8 Å². The van der Waals surface area contributed by atoms with Gasteiger partial charge in [0.1, 0.15) is 5.75 Å². The van der Waals surface area contributed by atoms with Gasteiger partial charge in [0.15, 0.2) is 0 Å². The zero-order valence-electron chi connectivity index (χ0n) is 16.1. The molecule has 29 heavy (non-hydrogen) atoms. The monoisotopic (exact) mass is 410 g/mol. The molecule has 1 fully saturated rings. The first-order valence-electron chi connectivity index (χ1n) is 9.93. The van der Waals surface area contributed by atoms with Crippen molar-refractivity contribution >= 4 is 35.2 Å². The van der Waals surface area contributed by atoms with Gasteiger partial charge in [0, 0.05) is 35.8 Å². The number of ether oxygens (including phenoxy) is 1. The van der Waals surface area contributed by atoms with Gasteiger partial charge in [0.2, 0.25) is 5.91 Å². The Morgan fingerprint density at radius 3 is 2.90 bits per heavy atom. The zero-order valence-corrected chi connectivity index (χ0v) is 16.8. The van der Waals surface area contributed by atoms with Crippen LogP contribution in [0.4, 0.5) is 5.69 Å². The van der Waals surface area contributed by atoms with E-state index in [1.54, 1.807) is 30.3 Å². The fraction of sp³-hybridized carbons (Fsp3) is 0.304. The molecule has 0 saturated carbocycles. The summed E-state index contributed by atoms with van der Waals surface area (Å²) >= 11 is 6.11. The van der Waals surface area contributed by atoms with Crippen molar-refractivity contribution in [1.29, 1.82) is 0 Å². The summed E-state index contributed by atoms with van der Waals surface area (Å²) in [5.41, 5.74) is 1.83. The number of rotatable bonds is 3. The summed E-state index contributed by atoms with van der Waals surface area (Å²) in [5, 5.41) is 3.40. The maximum absolute atomic E-state index is 13.1. The van der Waals surface area contributed by atoms with Gasteiger partial charge in [-0.3, -0.25) is 9.59 Å². The second-order valence-electron chi connectivity index (χ2n) is 7.34. The summed E-state index contributed by atoms with van der Waals surface area (Å²) in [6.07, 6.45) is 7.15. The summed E-state index contributed by atoms with van der Waals surface area (Å²) in [6.45, 7) is 1.37. The van der Waals surface area contributed by atoms with Crippen LogP contribution in [0.3, 0.4) is 0 Å². The van der Waals surface area contributed by atoms with Crippen LogP contribution in [0.5, 0.6) is 5.75 Å². The van der Waals surface area contributed by atoms with Crippen molar-refractivity contribution in [3.05, 3.63) is 64.7 Å². The summed E-state index contributed by atoms with van der Waals surface area (Å²) < 4.78 is 5.84. The molecule has 5 nitrogen and oxygen atoms in total. The molecule has 2 aliphatic heterocycles. The van der Waals surface area contributed by atoms with Crippen molar-refractivity contribution in [2.45, 2.75) is 31.7 Å². The van der Waals surface area contributed by atoms with Gasteiger partial charge >= 0.3 is 0 Å². The van der Waals surface area contributed by atoms with Gasteiger partial charge in [0.25, 0.3) is 5.91 Å². The van der Waals surface area contributed by atoms with Crippen LogP contribution < -0.4 is 10.1 Å². The number of hydrogen-bond acceptors (Lipinski definition) is 3. The Labute approximate surface area is 175 Å². The molecule has 0 bridgehead atoms. The van der Waals surface area contributed by atoms with Gasteiger partial charge in [-0.1, -0.05) is 29.8 Å². The minimum Gasteiger partial charge on any atom is -0.493 e. The number of carbonyl (C=O) groups is 2. The number of nitrogens with one attached hydrogen (secondary N) is 1. The highest BCUT2D eigenvalue weighted by atomic mass is 35.5. The first kappa shape index (κ1) is 19.5. The molecule has 2 amide bonds. The number of halogens is 1. The van der Waals surface area contributed by atoms with E-state index < -0.39 is 0 Å². The molecule has 2 aliphatic rings. The third kappa shape index (κ3) is 4.46. The van der Waals surface area contributed by atoms with Crippen molar-refractivity contribution in [3.63, 3.8) is 0 Å². The highest BCUT2D eigenvalue weighted by Gasteiger charge is 2.31. The number of hydrogen-bond donors (Lipinski definition) is 1. The summed E-state index contributed by atoms with van der Waals surface area (Å²) in [5.74, 6) is 0.260. The third-order valence-electron chi connectivity index (χ3n) is 5.39. The Bertz CT molecular complexity index is 957. The molecule has 2 aromatic rings. The van der Waals surface area contributed by atoms with Gasteiger partial charge in [0.05, 0.1) is 12.2 Å². The van der Waals surface area contributed by atoms with Crippen LogP contribution in [-0.4, -0.2) is 35.9 Å². The van der Waals surface area contributed by atoms with Crippen LogP contribution >= 0.6 is 11.6 Å². The molecule has 1 atom stereocenters. The number of amides is 2. The van der Waals surface area contributed by atoms with Gasteiger partial charge in [-0.15, -0.1) is 0 Å². The van der Waals surface area contributed by atoms with Crippen LogP contribution in [0.15, 0.2) is 48.5 Å². The third-order valence-corrected chi connectivity index (χ3v) is 5.74. The van der Waals surface area contributed by atoms with Crippen LogP contribution in [0.1, 0.15) is 41.6 Å². The molecule has 1 saturated heterocycles. The smallest absolute Gasteiger partial charge is 0.257 e. The van der Waals surface area contributed by atoms with E-state index in [1.165, 1.54) is 6.08 Å². The number of fused-ring (bicyclic) bond motifs is 2. The Kier molecular flexibility index (Phi) is 5.86. The number of benzene rings is 2. The lowest BCUT2D eigenvalue weighted by Gasteiger charge is -2.37. The van der Waals surface area contributed by atoms with Gasteiger partial charge in [-0.2, -0.15) is 0 Å². The molecule has 1 N–H and O–H groups in total. The van der Waals surface area contributed by atoms with E-state index in [1.807, 2.05) is 23.1 Å². The largest absolute Gasteiger partial charge is 0.493 e. The average Bonchev–Trinajstić information content (AvgIpc) is 2.73. The van der Waals surface area contributed by atoms with Crippen molar-refractivity contribution in [2.75, 3.05) is 18.5 Å². The topological polar surface area (TPSA) is 58.6 Å². The summed E-state index contributed by atoms with van der Waals surface area (Å²) in [4.78, 5) is 27.4. The Hall–Kier alpha value is -2.79. The van der Waals surface area contributed by atoms with Gasteiger partial charge in [-0.25, -0.2) is 0 Å². The lowest BCUT2D eigenvalue weighted by Crippen LogP contribution is -2.45. The normalized spacial score (nSPS) is 19.0. The molecule has 4 rings (SSSR count). The molecular weight excluding hydrogens is 388 g/mol. The predicted octanol–water partition coefficient (Wildman–Crippen LogP) is 4.77. The fourth-order valence-corrected chi connectivity index (χ4v) is 4.09. The number of piperidine rings is 1. The predicted molar refractivity (Wildman–Crippen MR) is 114 cm³/mol. The minimum atomic E-state index is -0.292. The molecule has 2 aromatic carbocycles.